The molecule has 1 aliphatic carbocycles. The number of nitrogens with zero attached hydrogens (tertiary/aromatic N) is 1. The molecule has 1 saturated carbocycles. The second-order valence-corrected chi connectivity index (χ2v) is 6.84. The van der Waals surface area contributed by atoms with Gasteiger partial charge in [0.05, 0.1) is 6.54 Å². The highest BCUT2D eigenvalue weighted by atomic mass is 16.6. The number of benzene rings is 2. The maximum atomic E-state index is 5.97. The molecule has 2 aromatic rings. The molecule has 1 fully saturated rings. The smallest absolute Gasteiger partial charge is 0.191 e. The first-order chi connectivity index (χ1) is 12.8. The molecule has 5 nitrogen and oxygen atoms in total. The number of para-hydroxylation sites is 2. The van der Waals surface area contributed by atoms with Gasteiger partial charge in [0, 0.05) is 13.6 Å². The predicted molar refractivity (Wildman–Crippen MR) is 103 cm³/mol. The van der Waals surface area contributed by atoms with Gasteiger partial charge in [-0.3, -0.25) is 4.99 Å². The van der Waals surface area contributed by atoms with Gasteiger partial charge in [-0.15, -0.1) is 0 Å². The van der Waals surface area contributed by atoms with E-state index in [4.69, 9.17) is 9.47 Å². The topological polar surface area (TPSA) is 54.9 Å². The van der Waals surface area contributed by atoms with E-state index in [0.29, 0.717) is 25.0 Å². The highest BCUT2D eigenvalue weighted by Gasteiger charge is 2.37. The molecule has 2 aromatic carbocycles. The fraction of sp³-hybridized carbons (Fsp3) is 0.381. The van der Waals surface area contributed by atoms with Crippen LogP contribution in [0.4, 0.5) is 0 Å². The Balaban J connectivity index is 1.21. The number of hydrogen-bond donors (Lipinski definition) is 2. The predicted octanol–water partition coefficient (Wildman–Crippen LogP) is 2.80. The van der Waals surface area contributed by atoms with Crippen molar-refractivity contribution >= 4 is 5.96 Å². The summed E-state index contributed by atoms with van der Waals surface area (Å²) in [5.74, 6) is 3.78. The summed E-state index contributed by atoms with van der Waals surface area (Å²) in [6.07, 6.45) is 1.21. The number of hydrogen-bond acceptors (Lipinski definition) is 3. The van der Waals surface area contributed by atoms with Gasteiger partial charge in [0.25, 0.3) is 0 Å². The lowest BCUT2D eigenvalue weighted by molar-refractivity contribution is 0.0936. The molecular weight excluding hydrogens is 326 g/mol. The van der Waals surface area contributed by atoms with Crippen molar-refractivity contribution in [1.82, 2.24) is 10.6 Å². The maximum absolute atomic E-state index is 5.97. The summed E-state index contributed by atoms with van der Waals surface area (Å²) in [6.45, 7) is 2.13. The number of guanidine groups is 1. The number of ether oxygens (including phenoxy) is 2. The van der Waals surface area contributed by atoms with Crippen molar-refractivity contribution in [1.29, 1.82) is 0 Å². The van der Waals surface area contributed by atoms with Gasteiger partial charge < -0.3 is 20.1 Å². The summed E-state index contributed by atoms with van der Waals surface area (Å²) >= 11 is 0. The average Bonchev–Trinajstić information content (AvgIpc) is 3.48. The normalized spacial score (nSPS) is 24.0. The van der Waals surface area contributed by atoms with Crippen LogP contribution in [0.5, 0.6) is 11.5 Å². The van der Waals surface area contributed by atoms with E-state index in [0.717, 1.165) is 24.0 Å². The first-order valence-corrected chi connectivity index (χ1v) is 9.21. The average molecular weight is 351 g/mol. The maximum Gasteiger partial charge on any atom is 0.191 e. The third kappa shape index (κ3) is 3.93. The minimum absolute atomic E-state index is 0.0264. The standard InChI is InChI=1S/C21H25N3O2/c1-22-21(23-12-16-11-18(16)15-7-3-2-4-8-15)24-13-17-14-25-19-9-5-6-10-20(19)26-17/h2-10,16-18H,11-14H2,1H3,(H2,22,23,24). The van der Waals surface area contributed by atoms with Gasteiger partial charge in [-0.1, -0.05) is 42.5 Å². The van der Waals surface area contributed by atoms with Gasteiger partial charge >= 0.3 is 0 Å². The first-order valence-electron chi connectivity index (χ1n) is 9.21. The van der Waals surface area contributed by atoms with Crippen LogP contribution < -0.4 is 20.1 Å². The van der Waals surface area contributed by atoms with Crippen LogP contribution in [0.3, 0.4) is 0 Å². The molecule has 136 valence electrons. The SMILES string of the molecule is CN=C(NCC1COc2ccccc2O1)NCC1CC1c1ccccc1. The van der Waals surface area contributed by atoms with E-state index in [1.807, 2.05) is 24.3 Å². The van der Waals surface area contributed by atoms with Crippen LogP contribution in [-0.4, -0.2) is 38.8 Å². The Morgan fingerprint density at radius 3 is 2.54 bits per heavy atom. The first kappa shape index (κ1) is 16.8. The monoisotopic (exact) mass is 351 g/mol. The molecule has 0 aromatic heterocycles. The molecule has 0 amide bonds. The molecule has 26 heavy (non-hydrogen) atoms. The zero-order chi connectivity index (χ0) is 17.8. The Hall–Kier alpha value is -2.69. The zero-order valence-electron chi connectivity index (χ0n) is 15.0. The molecular formula is C21H25N3O2. The van der Waals surface area contributed by atoms with E-state index < -0.39 is 0 Å². The van der Waals surface area contributed by atoms with Crippen molar-refractivity contribution in [3.63, 3.8) is 0 Å². The Morgan fingerprint density at radius 1 is 1.00 bits per heavy atom. The molecule has 0 bridgehead atoms. The van der Waals surface area contributed by atoms with E-state index in [-0.39, 0.29) is 6.10 Å². The molecule has 5 heteroatoms. The van der Waals surface area contributed by atoms with Crippen LogP contribution in [0.15, 0.2) is 59.6 Å². The van der Waals surface area contributed by atoms with E-state index >= 15 is 0 Å². The lowest BCUT2D eigenvalue weighted by Gasteiger charge is -2.27. The Morgan fingerprint density at radius 2 is 1.73 bits per heavy atom. The third-order valence-corrected chi connectivity index (χ3v) is 4.97. The van der Waals surface area contributed by atoms with Crippen LogP contribution >= 0.6 is 0 Å². The van der Waals surface area contributed by atoms with Gasteiger partial charge in [0.1, 0.15) is 12.7 Å². The number of aliphatic imine (C=N–C) groups is 1. The zero-order valence-corrected chi connectivity index (χ0v) is 15.0. The summed E-state index contributed by atoms with van der Waals surface area (Å²) in [6, 6.07) is 18.5. The number of nitrogens with one attached hydrogen (secondary N) is 2. The molecule has 3 atom stereocenters. The number of fused-ring (bicyclic) bond motifs is 1. The Labute approximate surface area is 154 Å². The van der Waals surface area contributed by atoms with E-state index in [1.54, 1.807) is 7.05 Å². The van der Waals surface area contributed by atoms with Gasteiger partial charge in [-0.05, 0) is 36.0 Å². The minimum Gasteiger partial charge on any atom is -0.486 e. The quantitative estimate of drug-likeness (QED) is 0.642. The Kier molecular flexibility index (Phi) is 4.95. The summed E-state index contributed by atoms with van der Waals surface area (Å²) < 4.78 is 11.7. The lowest BCUT2D eigenvalue weighted by atomic mass is 10.1. The van der Waals surface area contributed by atoms with E-state index in [9.17, 15) is 0 Å². The van der Waals surface area contributed by atoms with Crippen molar-refractivity contribution in [2.24, 2.45) is 10.9 Å². The van der Waals surface area contributed by atoms with Gasteiger partial charge in [-0.2, -0.15) is 0 Å². The summed E-state index contributed by atoms with van der Waals surface area (Å²) in [4.78, 5) is 4.31. The van der Waals surface area contributed by atoms with Gasteiger partial charge in [-0.25, -0.2) is 0 Å². The van der Waals surface area contributed by atoms with Gasteiger partial charge in [0.2, 0.25) is 0 Å². The van der Waals surface area contributed by atoms with Crippen LogP contribution in [0.25, 0.3) is 0 Å². The molecule has 0 saturated heterocycles. The summed E-state index contributed by atoms with van der Waals surface area (Å²) in [5.41, 5.74) is 1.44. The van der Waals surface area contributed by atoms with E-state index in [2.05, 4.69) is 46.0 Å². The Bertz CT molecular complexity index is 763. The van der Waals surface area contributed by atoms with Crippen LogP contribution in [-0.2, 0) is 0 Å². The molecule has 2 N–H and O–H groups in total. The molecule has 1 aliphatic heterocycles. The fourth-order valence-corrected chi connectivity index (χ4v) is 3.40. The highest BCUT2D eigenvalue weighted by Crippen LogP contribution is 2.46. The molecule has 0 spiro atoms. The molecule has 3 unspecified atom stereocenters. The van der Waals surface area contributed by atoms with Crippen molar-refractivity contribution in [3.8, 4) is 11.5 Å². The molecule has 2 aliphatic rings. The number of rotatable bonds is 5. The lowest BCUT2D eigenvalue weighted by Crippen LogP contribution is -2.45. The van der Waals surface area contributed by atoms with Crippen molar-refractivity contribution < 1.29 is 9.47 Å². The largest absolute Gasteiger partial charge is 0.486 e. The van der Waals surface area contributed by atoms with Crippen molar-refractivity contribution in [3.05, 3.63) is 60.2 Å². The second kappa shape index (κ2) is 7.68. The fourth-order valence-electron chi connectivity index (χ4n) is 3.40. The molecule has 0 radical (unpaired) electrons. The van der Waals surface area contributed by atoms with Crippen LogP contribution in [0.1, 0.15) is 17.9 Å². The highest BCUT2D eigenvalue weighted by molar-refractivity contribution is 5.79. The summed E-state index contributed by atoms with van der Waals surface area (Å²) in [7, 11) is 1.80. The van der Waals surface area contributed by atoms with Crippen LogP contribution in [0, 0.1) is 5.92 Å². The van der Waals surface area contributed by atoms with Crippen molar-refractivity contribution in [2.75, 3.05) is 26.7 Å². The van der Waals surface area contributed by atoms with Crippen molar-refractivity contribution in [2.45, 2.75) is 18.4 Å². The van der Waals surface area contributed by atoms with E-state index in [1.165, 1.54) is 12.0 Å². The third-order valence-electron chi connectivity index (χ3n) is 4.97. The second-order valence-electron chi connectivity index (χ2n) is 6.84. The molecule has 1 heterocycles. The minimum atomic E-state index is -0.0264. The summed E-state index contributed by atoms with van der Waals surface area (Å²) in [5, 5.41) is 6.77. The van der Waals surface area contributed by atoms with Gasteiger partial charge in [0.15, 0.2) is 17.5 Å². The van der Waals surface area contributed by atoms with Crippen LogP contribution in [0.2, 0.25) is 0 Å². The molecule has 4 rings (SSSR count).